The second-order valence-electron chi connectivity index (χ2n) is 9.43. The normalized spacial score (nSPS) is 17.7. The van der Waals surface area contributed by atoms with Crippen LogP contribution in [0.1, 0.15) is 55.0 Å². The summed E-state index contributed by atoms with van der Waals surface area (Å²) < 4.78 is 55.4. The lowest BCUT2D eigenvalue weighted by molar-refractivity contribution is -0.137. The van der Waals surface area contributed by atoms with Crippen molar-refractivity contribution in [3.05, 3.63) is 70.5 Å². The summed E-state index contributed by atoms with van der Waals surface area (Å²) in [6, 6.07) is 10.1. The van der Waals surface area contributed by atoms with E-state index in [-0.39, 0.29) is 36.4 Å². The summed E-state index contributed by atoms with van der Waals surface area (Å²) in [4.78, 5) is 14.0. The quantitative estimate of drug-likeness (QED) is 0.272. The molecule has 3 atom stereocenters. The van der Waals surface area contributed by atoms with Gasteiger partial charge in [-0.1, -0.05) is 24.3 Å². The van der Waals surface area contributed by atoms with Crippen LogP contribution in [0.25, 0.3) is 6.08 Å². The monoisotopic (exact) mass is 535 g/mol. The molecule has 0 amide bonds. The van der Waals surface area contributed by atoms with Crippen molar-refractivity contribution >= 4 is 12.0 Å². The Bertz CT molecular complexity index is 1090. The smallest absolute Gasteiger partial charge is 0.387 e. The Morgan fingerprint density at radius 1 is 1.26 bits per heavy atom. The van der Waals surface area contributed by atoms with E-state index in [1.807, 2.05) is 6.07 Å². The molecule has 1 aliphatic heterocycles. The van der Waals surface area contributed by atoms with Crippen molar-refractivity contribution in [3.63, 3.8) is 0 Å². The first-order chi connectivity index (χ1) is 18.2. The molecule has 2 aromatic carbocycles. The van der Waals surface area contributed by atoms with E-state index in [0.717, 1.165) is 31.0 Å². The van der Waals surface area contributed by atoms with Crippen LogP contribution in [0.5, 0.6) is 5.75 Å². The molecule has 1 saturated heterocycles. The summed E-state index contributed by atoms with van der Waals surface area (Å²) in [5, 5.41) is 10.7. The number of alkyl halides is 2. The average Bonchev–Trinajstić information content (AvgIpc) is 3.29. The van der Waals surface area contributed by atoms with Gasteiger partial charge >= 0.3 is 12.6 Å². The number of nitrogens with zero attached hydrogens (tertiary/aromatic N) is 1. The number of carbonyl (C=O) groups excluding carboxylic acids is 1. The number of halogens is 3. The van der Waals surface area contributed by atoms with Gasteiger partial charge in [0.05, 0.1) is 25.4 Å². The van der Waals surface area contributed by atoms with Crippen LogP contribution >= 0.6 is 0 Å². The highest BCUT2D eigenvalue weighted by atomic mass is 19.3. The third-order valence-corrected chi connectivity index (χ3v) is 6.62. The first kappa shape index (κ1) is 29.7. The molecule has 0 aliphatic carbocycles. The lowest BCUT2D eigenvalue weighted by atomic mass is 10.0. The van der Waals surface area contributed by atoms with Gasteiger partial charge in [0.15, 0.2) is 0 Å². The number of β-amino-alcohol motifs (C(OH)–C–C–N with tert-alkyl or cyclic N) is 1. The fourth-order valence-electron chi connectivity index (χ4n) is 4.71. The van der Waals surface area contributed by atoms with E-state index in [4.69, 9.17) is 9.47 Å². The maximum Gasteiger partial charge on any atom is 0.387 e. The topological polar surface area (TPSA) is 68.2 Å². The van der Waals surface area contributed by atoms with Crippen LogP contribution in [0.4, 0.5) is 13.2 Å². The maximum atomic E-state index is 14.0. The van der Waals surface area contributed by atoms with E-state index in [0.29, 0.717) is 24.1 Å². The Kier molecular flexibility index (Phi) is 11.2. The number of benzene rings is 2. The van der Waals surface area contributed by atoms with Gasteiger partial charge in [0.2, 0.25) is 0 Å². The van der Waals surface area contributed by atoms with Gasteiger partial charge in [-0.15, -0.1) is 0 Å². The van der Waals surface area contributed by atoms with Crippen molar-refractivity contribution in [1.82, 2.24) is 4.90 Å². The minimum atomic E-state index is -3.04. The Morgan fingerprint density at radius 2 is 2.05 bits per heavy atom. The first-order valence-corrected chi connectivity index (χ1v) is 12.9. The lowest BCUT2D eigenvalue weighted by Gasteiger charge is -2.28. The number of aliphatic hydroxyl groups excluding tert-OH is 1. The minimum absolute atomic E-state index is 0.0184. The van der Waals surface area contributed by atoms with E-state index in [1.54, 1.807) is 45.0 Å². The first-order valence-electron chi connectivity index (χ1n) is 12.9. The number of rotatable bonds is 13. The minimum Gasteiger partial charge on any atom is -0.463 e. The summed E-state index contributed by atoms with van der Waals surface area (Å²) in [5.41, 5.74) is 2.34. The van der Waals surface area contributed by atoms with Crippen molar-refractivity contribution in [2.24, 2.45) is 0 Å². The van der Waals surface area contributed by atoms with E-state index in [9.17, 15) is 23.1 Å². The number of ether oxygens (including phenoxy) is 3. The zero-order valence-corrected chi connectivity index (χ0v) is 22.0. The van der Waals surface area contributed by atoms with Crippen LogP contribution in [0.15, 0.2) is 42.5 Å². The summed E-state index contributed by atoms with van der Waals surface area (Å²) in [5.74, 6) is -0.918. The number of aryl methyl sites for hydroxylation is 1. The van der Waals surface area contributed by atoms with E-state index >= 15 is 0 Å². The van der Waals surface area contributed by atoms with Gasteiger partial charge in [-0.3, -0.25) is 4.90 Å². The molecule has 0 aromatic heterocycles. The van der Waals surface area contributed by atoms with Crippen LogP contribution in [0.3, 0.4) is 0 Å². The van der Waals surface area contributed by atoms with Gasteiger partial charge in [0, 0.05) is 24.2 Å². The molecule has 0 saturated carbocycles. The van der Waals surface area contributed by atoms with Crippen LogP contribution in [0, 0.1) is 12.7 Å². The molecule has 0 bridgehead atoms. The highest BCUT2D eigenvalue weighted by molar-refractivity contribution is 5.88. The van der Waals surface area contributed by atoms with Gasteiger partial charge in [0.25, 0.3) is 0 Å². The molecule has 2 aromatic rings. The van der Waals surface area contributed by atoms with Crippen LogP contribution in [0.2, 0.25) is 0 Å². The lowest BCUT2D eigenvalue weighted by Crippen LogP contribution is -2.39. The standard InChI is InChI=1S/C29H36F3NO5/c1-4-36-28(35)13-12-25-24(8-5-9-27(25)38-29(31)32)20(3)37-18-23(34)17-33-14-6-7-22(33)15-21-11-10-19(2)26(30)16-21/h5,8-13,16,20,22-23,29,34H,4,6-7,14-15,17-18H2,1-3H3/t20-,22+,23-/m1/s1. The highest BCUT2D eigenvalue weighted by Crippen LogP contribution is 2.31. The van der Waals surface area contributed by atoms with Gasteiger partial charge in [-0.25, -0.2) is 9.18 Å². The van der Waals surface area contributed by atoms with Crippen molar-refractivity contribution in [2.75, 3.05) is 26.3 Å². The number of aliphatic hydroxyl groups is 1. The molecule has 208 valence electrons. The predicted octanol–water partition coefficient (Wildman–Crippen LogP) is 5.46. The largest absolute Gasteiger partial charge is 0.463 e. The zero-order chi connectivity index (χ0) is 27.7. The van der Waals surface area contributed by atoms with Crippen LogP contribution in [-0.4, -0.2) is 61.0 Å². The van der Waals surface area contributed by atoms with Gasteiger partial charge < -0.3 is 19.3 Å². The molecule has 1 aliphatic rings. The van der Waals surface area contributed by atoms with Crippen LogP contribution in [-0.2, 0) is 20.7 Å². The highest BCUT2D eigenvalue weighted by Gasteiger charge is 2.27. The number of hydrogen-bond acceptors (Lipinski definition) is 6. The Hall–Kier alpha value is -2.88. The molecule has 1 N–H and O–H groups in total. The average molecular weight is 536 g/mol. The van der Waals surface area contributed by atoms with E-state index < -0.39 is 24.8 Å². The molecule has 0 spiro atoms. The zero-order valence-electron chi connectivity index (χ0n) is 22.0. The third-order valence-electron chi connectivity index (χ3n) is 6.62. The Balaban J connectivity index is 1.63. The molecule has 9 heteroatoms. The molecular formula is C29H36F3NO5. The van der Waals surface area contributed by atoms with Crippen LogP contribution < -0.4 is 4.74 Å². The van der Waals surface area contributed by atoms with Gasteiger partial charge in [-0.2, -0.15) is 8.78 Å². The van der Waals surface area contributed by atoms with E-state index in [2.05, 4.69) is 9.64 Å². The number of carbonyl (C=O) groups is 1. The van der Waals surface area contributed by atoms with Crippen molar-refractivity contribution in [1.29, 1.82) is 0 Å². The van der Waals surface area contributed by atoms with Crippen molar-refractivity contribution < 1.29 is 37.3 Å². The van der Waals surface area contributed by atoms with Gasteiger partial charge in [0.1, 0.15) is 11.6 Å². The second-order valence-corrected chi connectivity index (χ2v) is 9.43. The van der Waals surface area contributed by atoms with E-state index in [1.165, 1.54) is 12.1 Å². The Morgan fingerprint density at radius 3 is 2.76 bits per heavy atom. The summed E-state index contributed by atoms with van der Waals surface area (Å²) >= 11 is 0. The molecule has 38 heavy (non-hydrogen) atoms. The third kappa shape index (κ3) is 8.58. The van der Waals surface area contributed by atoms with Crippen molar-refractivity contribution in [2.45, 2.75) is 64.9 Å². The Labute approximate surface area is 222 Å². The fourth-order valence-corrected chi connectivity index (χ4v) is 4.71. The number of hydrogen-bond donors (Lipinski definition) is 1. The van der Waals surface area contributed by atoms with Crippen molar-refractivity contribution in [3.8, 4) is 5.75 Å². The van der Waals surface area contributed by atoms with Gasteiger partial charge in [-0.05, 0) is 81.5 Å². The maximum absolute atomic E-state index is 14.0. The number of esters is 1. The summed E-state index contributed by atoms with van der Waals surface area (Å²) in [6.07, 6.45) is 3.81. The molecule has 0 unspecified atom stereocenters. The SMILES string of the molecule is CCOC(=O)C=Cc1c(OC(F)F)cccc1[C@@H](C)OC[C@H](O)CN1CCC[C@H]1Cc1ccc(C)c(F)c1. The second kappa shape index (κ2) is 14.3. The molecule has 0 radical (unpaired) electrons. The fraction of sp³-hybridized carbons (Fsp3) is 0.483. The molecule has 1 heterocycles. The molecule has 1 fully saturated rings. The number of likely N-dealkylation sites (tertiary alicyclic amines) is 1. The molecule has 6 nitrogen and oxygen atoms in total. The summed E-state index contributed by atoms with van der Waals surface area (Å²) in [6.45, 7) is 3.53. The molecule has 3 rings (SSSR count). The predicted molar refractivity (Wildman–Crippen MR) is 139 cm³/mol. The molecular weight excluding hydrogens is 499 g/mol. The summed E-state index contributed by atoms with van der Waals surface area (Å²) in [7, 11) is 0.